The van der Waals surface area contributed by atoms with E-state index < -0.39 is 0 Å². The fraction of sp³-hybridized carbons (Fsp3) is 0.588. The zero-order valence-electron chi connectivity index (χ0n) is 13.9. The topological polar surface area (TPSA) is 45.7 Å². The third-order valence-corrected chi connectivity index (χ3v) is 3.55. The van der Waals surface area contributed by atoms with Gasteiger partial charge in [-0.25, -0.2) is 0 Å². The molecule has 118 valence electrons. The quantitative estimate of drug-likeness (QED) is 0.600. The minimum absolute atomic E-state index is 0.397. The summed E-state index contributed by atoms with van der Waals surface area (Å²) in [6.07, 6.45) is 0.872. The fourth-order valence-corrected chi connectivity index (χ4v) is 1.90. The first-order chi connectivity index (χ1) is 10.1. The maximum Gasteiger partial charge on any atom is 0.191 e. The number of methoxy groups -OCH3 is 1. The molecule has 0 aromatic heterocycles. The molecule has 0 saturated heterocycles. The molecule has 0 fully saturated rings. The lowest BCUT2D eigenvalue weighted by Gasteiger charge is -2.20. The average molecular weight is 291 g/mol. The van der Waals surface area contributed by atoms with Crippen LogP contribution in [-0.4, -0.2) is 32.2 Å². The number of para-hydroxylation sites is 1. The summed E-state index contributed by atoms with van der Waals surface area (Å²) in [5.41, 5.74) is 1.19. The van der Waals surface area contributed by atoms with Crippen LogP contribution in [0, 0.1) is 5.92 Å². The lowest BCUT2D eigenvalue weighted by atomic mass is 10.1. The van der Waals surface area contributed by atoms with Gasteiger partial charge in [-0.15, -0.1) is 0 Å². The molecule has 0 aliphatic heterocycles. The van der Waals surface area contributed by atoms with Gasteiger partial charge in [0.1, 0.15) is 5.75 Å². The van der Waals surface area contributed by atoms with Gasteiger partial charge in [0.05, 0.1) is 7.11 Å². The van der Waals surface area contributed by atoms with E-state index in [2.05, 4.69) is 49.4 Å². The number of hydrogen-bond donors (Lipinski definition) is 2. The molecular formula is C17H29N3O. The SMILES string of the molecule is CCNC(=NCCc1ccccc1OC)NC(C)C(C)C. The highest BCUT2D eigenvalue weighted by atomic mass is 16.5. The molecule has 0 saturated carbocycles. The largest absolute Gasteiger partial charge is 0.496 e. The van der Waals surface area contributed by atoms with Crippen molar-refractivity contribution in [1.82, 2.24) is 10.6 Å². The van der Waals surface area contributed by atoms with Crippen molar-refractivity contribution < 1.29 is 4.74 Å². The molecule has 1 unspecified atom stereocenters. The van der Waals surface area contributed by atoms with Gasteiger partial charge in [0.15, 0.2) is 5.96 Å². The van der Waals surface area contributed by atoms with E-state index in [0.717, 1.165) is 31.2 Å². The van der Waals surface area contributed by atoms with Crippen molar-refractivity contribution >= 4 is 5.96 Å². The van der Waals surface area contributed by atoms with Gasteiger partial charge in [0, 0.05) is 19.1 Å². The Hall–Kier alpha value is -1.71. The van der Waals surface area contributed by atoms with Crippen LogP contribution in [0.3, 0.4) is 0 Å². The van der Waals surface area contributed by atoms with Crippen molar-refractivity contribution in [3.05, 3.63) is 29.8 Å². The van der Waals surface area contributed by atoms with Gasteiger partial charge in [0.2, 0.25) is 0 Å². The van der Waals surface area contributed by atoms with E-state index >= 15 is 0 Å². The molecule has 0 amide bonds. The van der Waals surface area contributed by atoms with Crippen molar-refractivity contribution in [2.45, 2.75) is 40.2 Å². The molecule has 0 aliphatic carbocycles. The van der Waals surface area contributed by atoms with E-state index in [1.165, 1.54) is 5.56 Å². The molecule has 1 rings (SSSR count). The maximum atomic E-state index is 5.37. The Morgan fingerprint density at radius 1 is 1.24 bits per heavy atom. The van der Waals surface area contributed by atoms with Gasteiger partial charge in [0.25, 0.3) is 0 Å². The van der Waals surface area contributed by atoms with Crippen LogP contribution >= 0.6 is 0 Å². The van der Waals surface area contributed by atoms with E-state index in [0.29, 0.717) is 12.0 Å². The average Bonchev–Trinajstić information content (AvgIpc) is 2.47. The maximum absolute atomic E-state index is 5.37. The molecule has 21 heavy (non-hydrogen) atoms. The molecular weight excluding hydrogens is 262 g/mol. The lowest BCUT2D eigenvalue weighted by molar-refractivity contribution is 0.409. The Bertz CT molecular complexity index is 443. The molecule has 4 nitrogen and oxygen atoms in total. The second kappa shape index (κ2) is 9.27. The highest BCUT2D eigenvalue weighted by Crippen LogP contribution is 2.17. The third-order valence-electron chi connectivity index (χ3n) is 3.55. The zero-order chi connectivity index (χ0) is 15.7. The molecule has 1 atom stereocenters. The van der Waals surface area contributed by atoms with Crippen molar-refractivity contribution in [2.24, 2.45) is 10.9 Å². The number of rotatable bonds is 7. The first kappa shape index (κ1) is 17.3. The number of nitrogens with one attached hydrogen (secondary N) is 2. The summed E-state index contributed by atoms with van der Waals surface area (Å²) in [6.45, 7) is 10.3. The number of nitrogens with zero attached hydrogens (tertiary/aromatic N) is 1. The van der Waals surface area contributed by atoms with Gasteiger partial charge in [-0.2, -0.15) is 0 Å². The molecule has 1 aromatic carbocycles. The summed E-state index contributed by atoms with van der Waals surface area (Å²) in [4.78, 5) is 4.65. The van der Waals surface area contributed by atoms with Crippen molar-refractivity contribution in [1.29, 1.82) is 0 Å². The van der Waals surface area contributed by atoms with E-state index in [9.17, 15) is 0 Å². The Morgan fingerprint density at radius 3 is 2.57 bits per heavy atom. The van der Waals surface area contributed by atoms with E-state index in [4.69, 9.17) is 4.74 Å². The monoisotopic (exact) mass is 291 g/mol. The van der Waals surface area contributed by atoms with E-state index in [-0.39, 0.29) is 0 Å². The van der Waals surface area contributed by atoms with Gasteiger partial charge in [-0.1, -0.05) is 32.0 Å². The van der Waals surface area contributed by atoms with Gasteiger partial charge in [-0.05, 0) is 37.8 Å². The highest BCUT2D eigenvalue weighted by molar-refractivity contribution is 5.80. The number of benzene rings is 1. The van der Waals surface area contributed by atoms with Gasteiger partial charge >= 0.3 is 0 Å². The van der Waals surface area contributed by atoms with Crippen LogP contribution < -0.4 is 15.4 Å². The second-order valence-electron chi connectivity index (χ2n) is 5.50. The number of ether oxygens (including phenoxy) is 1. The number of hydrogen-bond acceptors (Lipinski definition) is 2. The predicted octanol–water partition coefficient (Wildman–Crippen LogP) is 2.84. The van der Waals surface area contributed by atoms with Crippen LogP contribution in [0.15, 0.2) is 29.3 Å². The normalized spacial score (nSPS) is 13.1. The first-order valence-electron chi connectivity index (χ1n) is 7.75. The molecule has 0 bridgehead atoms. The number of aliphatic imine (C=N–C) groups is 1. The summed E-state index contributed by atoms with van der Waals surface area (Å²) in [5.74, 6) is 2.39. The lowest BCUT2D eigenvalue weighted by Crippen LogP contribution is -2.44. The minimum Gasteiger partial charge on any atom is -0.496 e. The molecule has 4 heteroatoms. The van der Waals surface area contributed by atoms with E-state index in [1.807, 2.05) is 18.2 Å². The third kappa shape index (κ3) is 6.06. The van der Waals surface area contributed by atoms with Gasteiger partial charge in [-0.3, -0.25) is 4.99 Å². The Kier molecular flexibility index (Phi) is 7.65. The molecule has 1 aromatic rings. The minimum atomic E-state index is 0.397. The van der Waals surface area contributed by atoms with Crippen molar-refractivity contribution in [2.75, 3.05) is 20.2 Å². The van der Waals surface area contributed by atoms with Crippen LogP contribution in [0.5, 0.6) is 5.75 Å². The van der Waals surface area contributed by atoms with Crippen LogP contribution in [0.25, 0.3) is 0 Å². The van der Waals surface area contributed by atoms with Crippen LogP contribution in [0.4, 0.5) is 0 Å². The summed E-state index contributed by atoms with van der Waals surface area (Å²) < 4.78 is 5.37. The highest BCUT2D eigenvalue weighted by Gasteiger charge is 2.08. The number of guanidine groups is 1. The summed E-state index contributed by atoms with van der Waals surface area (Å²) in [7, 11) is 1.71. The van der Waals surface area contributed by atoms with Crippen LogP contribution in [0.1, 0.15) is 33.3 Å². The predicted molar refractivity (Wildman–Crippen MR) is 90.1 cm³/mol. The van der Waals surface area contributed by atoms with Crippen LogP contribution in [-0.2, 0) is 6.42 Å². The molecule has 0 aliphatic rings. The Labute approximate surface area is 129 Å². The van der Waals surface area contributed by atoms with Crippen LogP contribution in [0.2, 0.25) is 0 Å². The van der Waals surface area contributed by atoms with Crippen molar-refractivity contribution in [3.63, 3.8) is 0 Å². The molecule has 0 radical (unpaired) electrons. The van der Waals surface area contributed by atoms with Gasteiger partial charge < -0.3 is 15.4 Å². The fourth-order valence-electron chi connectivity index (χ4n) is 1.90. The standard InChI is InChI=1S/C17H29N3O/c1-6-18-17(20-14(4)13(2)3)19-12-11-15-9-7-8-10-16(15)21-5/h7-10,13-14H,6,11-12H2,1-5H3,(H2,18,19,20). The summed E-state index contributed by atoms with van der Waals surface area (Å²) in [6, 6.07) is 8.50. The summed E-state index contributed by atoms with van der Waals surface area (Å²) >= 11 is 0. The second-order valence-corrected chi connectivity index (χ2v) is 5.50. The molecule has 2 N–H and O–H groups in total. The first-order valence-corrected chi connectivity index (χ1v) is 7.75. The van der Waals surface area contributed by atoms with Crippen molar-refractivity contribution in [3.8, 4) is 5.75 Å². The molecule has 0 spiro atoms. The smallest absolute Gasteiger partial charge is 0.191 e. The molecule has 0 heterocycles. The Morgan fingerprint density at radius 2 is 1.95 bits per heavy atom. The zero-order valence-corrected chi connectivity index (χ0v) is 13.9. The summed E-state index contributed by atoms with van der Waals surface area (Å²) in [5, 5.41) is 6.73. The Balaban J connectivity index is 2.61. The van der Waals surface area contributed by atoms with E-state index in [1.54, 1.807) is 7.11 Å².